The van der Waals surface area contributed by atoms with Gasteiger partial charge in [0.1, 0.15) is 18.2 Å². The van der Waals surface area contributed by atoms with E-state index in [0.29, 0.717) is 18.7 Å². The van der Waals surface area contributed by atoms with Gasteiger partial charge in [0.15, 0.2) is 0 Å². The van der Waals surface area contributed by atoms with E-state index in [1.807, 2.05) is 31.2 Å². The Labute approximate surface area is 140 Å². The van der Waals surface area contributed by atoms with Crippen LogP contribution in [0.15, 0.2) is 48.5 Å². The third-order valence-corrected chi connectivity index (χ3v) is 3.36. The fourth-order valence-electron chi connectivity index (χ4n) is 2.09. The second kappa shape index (κ2) is 8.88. The van der Waals surface area contributed by atoms with Gasteiger partial charge in [0, 0.05) is 6.54 Å². The van der Waals surface area contributed by atoms with Gasteiger partial charge in [-0.25, -0.2) is 9.18 Å². The van der Waals surface area contributed by atoms with Crippen molar-refractivity contribution in [1.29, 1.82) is 0 Å². The monoisotopic (exact) mass is 332 g/mol. The SMILES string of the molecule is Cc1cccc(OCCNC(=O)NCC(O)c2ccc(F)cc2)c1. The second-order valence-corrected chi connectivity index (χ2v) is 5.37. The van der Waals surface area contributed by atoms with E-state index in [9.17, 15) is 14.3 Å². The molecule has 2 rings (SSSR count). The molecule has 0 heterocycles. The number of aliphatic hydroxyl groups is 1. The van der Waals surface area contributed by atoms with Crippen molar-refractivity contribution in [3.8, 4) is 5.75 Å². The first-order valence-corrected chi connectivity index (χ1v) is 7.69. The molecule has 128 valence electrons. The van der Waals surface area contributed by atoms with Crippen LogP contribution in [0.3, 0.4) is 0 Å². The molecule has 5 nitrogen and oxygen atoms in total. The highest BCUT2D eigenvalue weighted by molar-refractivity contribution is 5.73. The zero-order chi connectivity index (χ0) is 17.4. The number of hydrogen-bond acceptors (Lipinski definition) is 3. The number of ether oxygens (including phenoxy) is 1. The van der Waals surface area contributed by atoms with Crippen molar-refractivity contribution in [2.75, 3.05) is 19.7 Å². The van der Waals surface area contributed by atoms with Crippen molar-refractivity contribution in [2.45, 2.75) is 13.0 Å². The first kappa shape index (κ1) is 17.7. The van der Waals surface area contributed by atoms with Gasteiger partial charge in [0.05, 0.1) is 12.6 Å². The predicted octanol–water partition coefficient (Wildman–Crippen LogP) is 2.55. The smallest absolute Gasteiger partial charge is 0.315 e. The Morgan fingerprint density at radius 1 is 1.21 bits per heavy atom. The largest absolute Gasteiger partial charge is 0.492 e. The van der Waals surface area contributed by atoms with E-state index in [1.165, 1.54) is 24.3 Å². The number of amides is 2. The van der Waals surface area contributed by atoms with E-state index < -0.39 is 12.1 Å². The molecule has 1 unspecified atom stereocenters. The summed E-state index contributed by atoms with van der Waals surface area (Å²) in [5, 5.41) is 15.1. The molecule has 1 atom stereocenters. The number of carbonyl (C=O) groups is 1. The molecule has 0 saturated heterocycles. The molecule has 0 fully saturated rings. The lowest BCUT2D eigenvalue weighted by molar-refractivity contribution is 0.172. The predicted molar refractivity (Wildman–Crippen MR) is 89.4 cm³/mol. The molecule has 0 spiro atoms. The normalized spacial score (nSPS) is 11.6. The molecule has 0 aromatic heterocycles. The number of nitrogens with one attached hydrogen (secondary N) is 2. The van der Waals surface area contributed by atoms with Gasteiger partial charge in [0.25, 0.3) is 0 Å². The number of aliphatic hydroxyl groups excluding tert-OH is 1. The summed E-state index contributed by atoms with van der Waals surface area (Å²) in [7, 11) is 0. The summed E-state index contributed by atoms with van der Waals surface area (Å²) < 4.78 is 18.3. The zero-order valence-corrected chi connectivity index (χ0v) is 13.5. The lowest BCUT2D eigenvalue weighted by Crippen LogP contribution is -2.39. The first-order valence-electron chi connectivity index (χ1n) is 7.69. The van der Waals surface area contributed by atoms with Crippen LogP contribution in [-0.2, 0) is 0 Å². The minimum atomic E-state index is -0.889. The molecule has 0 aliphatic carbocycles. The Morgan fingerprint density at radius 3 is 2.67 bits per heavy atom. The lowest BCUT2D eigenvalue weighted by Gasteiger charge is -2.13. The third-order valence-electron chi connectivity index (χ3n) is 3.36. The molecule has 0 radical (unpaired) electrons. The summed E-state index contributed by atoms with van der Waals surface area (Å²) >= 11 is 0. The average Bonchev–Trinajstić information content (AvgIpc) is 2.57. The maximum absolute atomic E-state index is 12.8. The summed E-state index contributed by atoms with van der Waals surface area (Å²) in [5.41, 5.74) is 1.65. The molecule has 2 amide bonds. The van der Waals surface area contributed by atoms with Crippen LogP contribution in [0, 0.1) is 12.7 Å². The Morgan fingerprint density at radius 2 is 1.96 bits per heavy atom. The topological polar surface area (TPSA) is 70.6 Å². The molecular formula is C18H21FN2O3. The summed E-state index contributed by atoms with van der Waals surface area (Å²) in [6.45, 7) is 2.70. The second-order valence-electron chi connectivity index (χ2n) is 5.37. The molecule has 0 saturated carbocycles. The lowest BCUT2D eigenvalue weighted by atomic mass is 10.1. The van der Waals surface area contributed by atoms with Gasteiger partial charge in [-0.3, -0.25) is 0 Å². The Bertz CT molecular complexity index is 662. The van der Waals surface area contributed by atoms with Gasteiger partial charge in [0.2, 0.25) is 0 Å². The van der Waals surface area contributed by atoms with Crippen LogP contribution in [0.1, 0.15) is 17.2 Å². The molecule has 24 heavy (non-hydrogen) atoms. The molecule has 6 heteroatoms. The van der Waals surface area contributed by atoms with Crippen molar-refractivity contribution in [3.05, 3.63) is 65.5 Å². The Balaban J connectivity index is 1.63. The number of rotatable bonds is 7. The maximum Gasteiger partial charge on any atom is 0.315 e. The highest BCUT2D eigenvalue weighted by atomic mass is 19.1. The molecule has 0 aliphatic rings. The highest BCUT2D eigenvalue weighted by Gasteiger charge is 2.09. The fourth-order valence-corrected chi connectivity index (χ4v) is 2.09. The van der Waals surface area contributed by atoms with Crippen molar-refractivity contribution >= 4 is 6.03 Å². The number of urea groups is 1. The maximum atomic E-state index is 12.8. The molecule has 0 bridgehead atoms. The third kappa shape index (κ3) is 5.89. The van der Waals surface area contributed by atoms with E-state index in [1.54, 1.807) is 0 Å². The van der Waals surface area contributed by atoms with E-state index in [-0.39, 0.29) is 12.4 Å². The first-order chi connectivity index (χ1) is 11.5. The van der Waals surface area contributed by atoms with Gasteiger partial charge < -0.3 is 20.5 Å². The van der Waals surface area contributed by atoms with Crippen LogP contribution in [-0.4, -0.2) is 30.8 Å². The van der Waals surface area contributed by atoms with E-state index in [4.69, 9.17) is 4.74 Å². The number of hydrogen-bond donors (Lipinski definition) is 3. The Kier molecular flexibility index (Phi) is 6.57. The van der Waals surface area contributed by atoms with Crippen molar-refractivity contribution in [3.63, 3.8) is 0 Å². The quantitative estimate of drug-likeness (QED) is 0.683. The van der Waals surface area contributed by atoms with Crippen LogP contribution >= 0.6 is 0 Å². The van der Waals surface area contributed by atoms with Gasteiger partial charge in [-0.05, 0) is 42.3 Å². The van der Waals surface area contributed by atoms with Crippen LogP contribution in [0.5, 0.6) is 5.75 Å². The van der Waals surface area contributed by atoms with Gasteiger partial charge in [-0.15, -0.1) is 0 Å². The summed E-state index contributed by atoms with van der Waals surface area (Å²) in [6.07, 6.45) is -0.889. The van der Waals surface area contributed by atoms with E-state index in [0.717, 1.165) is 11.3 Å². The van der Waals surface area contributed by atoms with Crippen LogP contribution in [0.4, 0.5) is 9.18 Å². The van der Waals surface area contributed by atoms with Crippen LogP contribution in [0.2, 0.25) is 0 Å². The van der Waals surface area contributed by atoms with Crippen LogP contribution < -0.4 is 15.4 Å². The molecule has 2 aromatic carbocycles. The van der Waals surface area contributed by atoms with Gasteiger partial charge in [-0.1, -0.05) is 24.3 Å². The van der Waals surface area contributed by atoms with Crippen molar-refractivity contribution in [2.24, 2.45) is 0 Å². The molecule has 0 aliphatic heterocycles. The number of benzene rings is 2. The minimum Gasteiger partial charge on any atom is -0.492 e. The fraction of sp³-hybridized carbons (Fsp3) is 0.278. The molecular weight excluding hydrogens is 311 g/mol. The molecule has 3 N–H and O–H groups in total. The molecule has 2 aromatic rings. The van der Waals surface area contributed by atoms with Crippen molar-refractivity contribution < 1.29 is 19.0 Å². The van der Waals surface area contributed by atoms with E-state index >= 15 is 0 Å². The average molecular weight is 332 g/mol. The van der Waals surface area contributed by atoms with Crippen molar-refractivity contribution in [1.82, 2.24) is 10.6 Å². The minimum absolute atomic E-state index is 0.0379. The van der Waals surface area contributed by atoms with E-state index in [2.05, 4.69) is 10.6 Å². The number of aryl methyl sites for hydroxylation is 1. The van der Waals surface area contributed by atoms with Crippen LogP contribution in [0.25, 0.3) is 0 Å². The number of halogens is 1. The highest BCUT2D eigenvalue weighted by Crippen LogP contribution is 2.12. The Hall–Kier alpha value is -2.60. The summed E-state index contributed by atoms with van der Waals surface area (Å²) in [6, 6.07) is 12.7. The summed E-state index contributed by atoms with van der Waals surface area (Å²) in [4.78, 5) is 11.6. The number of carbonyl (C=O) groups excluding carboxylic acids is 1. The summed E-state index contributed by atoms with van der Waals surface area (Å²) in [5.74, 6) is 0.384. The standard InChI is InChI=1S/C18H21FN2O3/c1-13-3-2-4-16(11-13)24-10-9-20-18(23)21-12-17(22)14-5-7-15(19)8-6-14/h2-8,11,17,22H,9-10,12H2,1H3,(H2,20,21,23). The zero-order valence-electron chi connectivity index (χ0n) is 13.5. The van der Waals surface area contributed by atoms with Gasteiger partial charge >= 0.3 is 6.03 Å². The van der Waals surface area contributed by atoms with Gasteiger partial charge in [-0.2, -0.15) is 0 Å².